The molecule has 1 saturated heterocycles. The fourth-order valence-electron chi connectivity index (χ4n) is 4.67. The lowest BCUT2D eigenvalue weighted by molar-refractivity contribution is -0.143. The molecule has 1 heterocycles. The van der Waals surface area contributed by atoms with Crippen LogP contribution in [0.3, 0.4) is 0 Å². The molecule has 2 amide bonds. The molecule has 1 saturated carbocycles. The molecular weight excluding hydrogens is 438 g/mol. The number of nitriles is 1. The average molecular weight is 474 g/mol. The molecule has 0 atom stereocenters. The van der Waals surface area contributed by atoms with Crippen molar-refractivity contribution in [2.75, 3.05) is 13.1 Å². The van der Waals surface area contributed by atoms with Crippen molar-refractivity contribution >= 4 is 23.6 Å². The van der Waals surface area contributed by atoms with E-state index in [0.29, 0.717) is 23.9 Å². The molecule has 33 heavy (non-hydrogen) atoms. The Hall–Kier alpha value is -2.26. The van der Waals surface area contributed by atoms with Crippen LogP contribution in [0.4, 0.5) is 4.79 Å². The summed E-state index contributed by atoms with van der Waals surface area (Å²) in [6.07, 6.45) is 5.59. The lowest BCUT2D eigenvalue weighted by Crippen LogP contribution is -2.71. The van der Waals surface area contributed by atoms with Crippen LogP contribution in [0.2, 0.25) is 5.02 Å². The zero-order chi connectivity index (χ0) is 24.2. The zero-order valence-electron chi connectivity index (χ0n) is 20.3. The summed E-state index contributed by atoms with van der Waals surface area (Å²) in [6.45, 7) is 8.34. The molecule has 180 valence electrons. The molecule has 1 aromatic carbocycles. The second-order valence-electron chi connectivity index (χ2n) is 10.8. The number of hydrogen-bond acceptors (Lipinski definition) is 4. The molecule has 1 aromatic rings. The highest BCUT2D eigenvalue weighted by molar-refractivity contribution is 6.30. The van der Waals surface area contributed by atoms with Crippen molar-refractivity contribution in [2.45, 2.75) is 83.9 Å². The number of rotatable bonds is 6. The quantitative estimate of drug-likeness (QED) is 0.524. The monoisotopic (exact) mass is 473 g/mol. The Labute approximate surface area is 202 Å². The Bertz CT molecular complexity index is 874. The van der Waals surface area contributed by atoms with Gasteiger partial charge in [-0.05, 0) is 56.7 Å². The summed E-state index contributed by atoms with van der Waals surface area (Å²) < 4.78 is 5.45. The van der Waals surface area contributed by atoms with Gasteiger partial charge in [0.2, 0.25) is 5.91 Å². The predicted octanol–water partition coefficient (Wildman–Crippen LogP) is 5.79. The summed E-state index contributed by atoms with van der Waals surface area (Å²) in [5.74, 6) is 1.31. The van der Waals surface area contributed by atoms with E-state index in [2.05, 4.69) is 13.0 Å². The van der Waals surface area contributed by atoms with E-state index in [-0.39, 0.29) is 19.0 Å². The Morgan fingerprint density at radius 2 is 1.79 bits per heavy atom. The van der Waals surface area contributed by atoms with Crippen molar-refractivity contribution in [3.8, 4) is 6.07 Å². The third-order valence-electron chi connectivity index (χ3n) is 6.74. The highest BCUT2D eigenvalue weighted by Crippen LogP contribution is 2.34. The maximum atomic E-state index is 13.4. The minimum atomic E-state index is -1.05. The van der Waals surface area contributed by atoms with Crippen molar-refractivity contribution in [1.29, 1.82) is 5.26 Å². The van der Waals surface area contributed by atoms with Crippen LogP contribution in [-0.2, 0) is 16.1 Å². The summed E-state index contributed by atoms with van der Waals surface area (Å²) in [7, 11) is 0. The number of amides is 2. The minimum Gasteiger partial charge on any atom is -0.444 e. The number of carbonyl (C=O) groups excluding carboxylic acids is 2. The molecule has 0 aromatic heterocycles. The number of benzene rings is 1. The van der Waals surface area contributed by atoms with Gasteiger partial charge in [-0.1, -0.05) is 56.3 Å². The first-order valence-corrected chi connectivity index (χ1v) is 12.3. The number of likely N-dealkylation sites (tertiary alicyclic amines) is 1. The molecule has 0 spiro atoms. The summed E-state index contributed by atoms with van der Waals surface area (Å²) in [6, 6.07) is 9.67. The van der Waals surface area contributed by atoms with Gasteiger partial charge in [-0.25, -0.2) is 4.79 Å². The maximum Gasteiger partial charge on any atom is 0.410 e. The second-order valence-corrected chi connectivity index (χ2v) is 11.2. The van der Waals surface area contributed by atoms with E-state index in [1.165, 1.54) is 30.6 Å². The van der Waals surface area contributed by atoms with E-state index in [1.807, 2.05) is 32.9 Å². The van der Waals surface area contributed by atoms with Crippen LogP contribution in [0.1, 0.15) is 71.8 Å². The van der Waals surface area contributed by atoms with Gasteiger partial charge in [0.15, 0.2) is 5.54 Å². The molecule has 0 N–H and O–H groups in total. The molecule has 2 fully saturated rings. The Morgan fingerprint density at radius 1 is 1.18 bits per heavy atom. The van der Waals surface area contributed by atoms with E-state index in [9.17, 15) is 14.9 Å². The first-order chi connectivity index (χ1) is 15.5. The van der Waals surface area contributed by atoms with Crippen molar-refractivity contribution in [3.63, 3.8) is 0 Å². The van der Waals surface area contributed by atoms with Gasteiger partial charge >= 0.3 is 6.09 Å². The van der Waals surface area contributed by atoms with E-state index < -0.39 is 17.2 Å². The van der Waals surface area contributed by atoms with E-state index in [1.54, 1.807) is 17.0 Å². The Balaban J connectivity index is 1.72. The topological polar surface area (TPSA) is 73.6 Å². The molecule has 0 bridgehead atoms. The normalized spacial score (nSPS) is 22.1. The molecule has 1 aliphatic heterocycles. The van der Waals surface area contributed by atoms with E-state index in [0.717, 1.165) is 17.9 Å². The van der Waals surface area contributed by atoms with Gasteiger partial charge in [0.25, 0.3) is 0 Å². The summed E-state index contributed by atoms with van der Waals surface area (Å²) in [4.78, 5) is 29.1. The van der Waals surface area contributed by atoms with Crippen LogP contribution in [-0.4, -0.2) is 46.0 Å². The molecule has 1 aliphatic carbocycles. The van der Waals surface area contributed by atoms with Crippen molar-refractivity contribution in [1.82, 2.24) is 9.80 Å². The van der Waals surface area contributed by atoms with Crippen LogP contribution < -0.4 is 0 Å². The average Bonchev–Trinajstić information content (AvgIpc) is 2.72. The van der Waals surface area contributed by atoms with Gasteiger partial charge in [0.05, 0.1) is 19.2 Å². The van der Waals surface area contributed by atoms with Gasteiger partial charge in [-0.15, -0.1) is 0 Å². The molecule has 7 heteroatoms. The first-order valence-electron chi connectivity index (χ1n) is 12.0. The fourth-order valence-corrected chi connectivity index (χ4v) is 4.80. The van der Waals surface area contributed by atoms with Gasteiger partial charge in [-0.2, -0.15) is 5.26 Å². The predicted molar refractivity (Wildman–Crippen MR) is 129 cm³/mol. The number of halogens is 1. The minimum absolute atomic E-state index is 0.0334. The van der Waals surface area contributed by atoms with Crippen LogP contribution in [0.5, 0.6) is 0 Å². The van der Waals surface area contributed by atoms with Gasteiger partial charge in [-0.3, -0.25) is 4.79 Å². The smallest absolute Gasteiger partial charge is 0.410 e. The zero-order valence-corrected chi connectivity index (χ0v) is 21.0. The molecular formula is C26H36ClN3O3. The largest absolute Gasteiger partial charge is 0.444 e. The summed E-state index contributed by atoms with van der Waals surface area (Å²) in [5, 5.41) is 10.7. The van der Waals surface area contributed by atoms with Crippen molar-refractivity contribution in [3.05, 3.63) is 34.9 Å². The van der Waals surface area contributed by atoms with Crippen LogP contribution in [0.25, 0.3) is 0 Å². The van der Waals surface area contributed by atoms with Gasteiger partial charge in [0, 0.05) is 18.0 Å². The Morgan fingerprint density at radius 3 is 2.33 bits per heavy atom. The molecule has 6 nitrogen and oxygen atoms in total. The standard InChI is InChI=1S/C26H36ClN3O3/c1-19-5-7-20(8-6-19)11-14-23(31)30(15-21-9-12-22(27)13-10-21)26(16-28)17-29(18-26)24(32)33-25(2,3)4/h9-10,12-13,19-20H,5-8,11,14-15,17-18H2,1-4H3. The van der Waals surface area contributed by atoms with Crippen LogP contribution in [0, 0.1) is 23.2 Å². The Kier molecular flexibility index (Phi) is 7.95. The first kappa shape index (κ1) is 25.4. The van der Waals surface area contributed by atoms with Crippen molar-refractivity contribution in [2.24, 2.45) is 11.8 Å². The lowest BCUT2D eigenvalue weighted by Gasteiger charge is -2.51. The van der Waals surface area contributed by atoms with Crippen LogP contribution >= 0.6 is 11.6 Å². The summed E-state index contributed by atoms with van der Waals surface area (Å²) >= 11 is 6.03. The SMILES string of the molecule is CC1CCC(CCC(=O)N(Cc2ccc(Cl)cc2)C2(C#N)CN(C(=O)OC(C)(C)C)C2)CC1. The van der Waals surface area contributed by atoms with Gasteiger partial charge < -0.3 is 14.5 Å². The summed E-state index contributed by atoms with van der Waals surface area (Å²) in [5.41, 5.74) is -0.753. The molecule has 3 rings (SSSR count). The molecule has 0 radical (unpaired) electrons. The number of carbonyl (C=O) groups is 2. The molecule has 0 unspecified atom stereocenters. The van der Waals surface area contributed by atoms with E-state index >= 15 is 0 Å². The number of ether oxygens (including phenoxy) is 1. The van der Waals surface area contributed by atoms with Crippen LogP contribution in [0.15, 0.2) is 24.3 Å². The third-order valence-corrected chi connectivity index (χ3v) is 6.99. The highest BCUT2D eigenvalue weighted by Gasteiger charge is 2.52. The molecule has 2 aliphatic rings. The van der Waals surface area contributed by atoms with Gasteiger partial charge in [0.1, 0.15) is 5.60 Å². The second kappa shape index (κ2) is 10.3. The highest BCUT2D eigenvalue weighted by atomic mass is 35.5. The maximum absolute atomic E-state index is 13.4. The lowest BCUT2D eigenvalue weighted by atomic mass is 9.80. The third kappa shape index (κ3) is 6.63. The number of hydrogen-bond donors (Lipinski definition) is 0. The fraction of sp³-hybridized carbons (Fsp3) is 0.654. The van der Waals surface area contributed by atoms with Crippen molar-refractivity contribution < 1.29 is 14.3 Å². The van der Waals surface area contributed by atoms with E-state index in [4.69, 9.17) is 16.3 Å². The number of nitrogens with zero attached hydrogens (tertiary/aromatic N) is 3.